The molecule has 1 aromatic rings. The van der Waals surface area contributed by atoms with Crippen molar-refractivity contribution in [2.75, 3.05) is 26.3 Å². The van der Waals surface area contributed by atoms with Gasteiger partial charge < -0.3 is 15.4 Å². The second-order valence-electron chi connectivity index (χ2n) is 3.56. The van der Waals surface area contributed by atoms with Crippen LogP contribution in [0.5, 0.6) is 0 Å². The van der Waals surface area contributed by atoms with Crippen LogP contribution in [0.1, 0.15) is 18.2 Å². The Morgan fingerprint density at radius 3 is 2.94 bits per heavy atom. The Kier molecular flexibility index (Phi) is 7.42. The molecule has 1 heterocycles. The number of ether oxygens (including phenoxy) is 1. The third-order valence-corrected chi connectivity index (χ3v) is 3.13. The zero-order valence-electron chi connectivity index (χ0n) is 10.2. The monoisotopic (exact) mass is 256 g/mol. The fourth-order valence-corrected chi connectivity index (χ4v) is 2.05. The number of amides is 2. The Hall–Kier alpha value is -1.07. The van der Waals surface area contributed by atoms with Gasteiger partial charge in [-0.25, -0.2) is 4.79 Å². The first kappa shape index (κ1) is 14.0. The molecule has 17 heavy (non-hydrogen) atoms. The summed E-state index contributed by atoms with van der Waals surface area (Å²) in [5.41, 5.74) is 0. The summed E-state index contributed by atoms with van der Waals surface area (Å²) in [5.74, 6) is 0. The van der Waals surface area contributed by atoms with Crippen LogP contribution in [0.4, 0.5) is 4.79 Å². The molecule has 1 aromatic heterocycles. The Bertz CT molecular complexity index is 301. The molecule has 0 spiro atoms. The lowest BCUT2D eigenvalue weighted by Gasteiger charge is -2.06. The highest BCUT2D eigenvalue weighted by molar-refractivity contribution is 7.09. The summed E-state index contributed by atoms with van der Waals surface area (Å²) < 4.78 is 5.18. The lowest BCUT2D eigenvalue weighted by molar-refractivity contribution is 0.145. The standard InChI is InChI=1S/C12H20N2O2S/c1-2-16-9-4-7-13-12(15)14-8-6-11-5-3-10-17-11/h3,5,10H,2,4,6-9H2,1H3,(H2,13,14,15). The van der Waals surface area contributed by atoms with Crippen molar-refractivity contribution in [1.29, 1.82) is 0 Å². The molecule has 0 atom stereocenters. The van der Waals surface area contributed by atoms with Gasteiger partial charge in [0.15, 0.2) is 0 Å². The highest BCUT2D eigenvalue weighted by Crippen LogP contribution is 2.07. The van der Waals surface area contributed by atoms with E-state index in [1.165, 1.54) is 4.88 Å². The summed E-state index contributed by atoms with van der Waals surface area (Å²) in [7, 11) is 0. The molecule has 5 heteroatoms. The third kappa shape index (κ3) is 6.97. The van der Waals surface area contributed by atoms with Crippen LogP contribution >= 0.6 is 11.3 Å². The van der Waals surface area contributed by atoms with E-state index in [0.29, 0.717) is 19.7 Å². The maximum Gasteiger partial charge on any atom is 0.314 e. The zero-order chi connectivity index (χ0) is 12.3. The van der Waals surface area contributed by atoms with Gasteiger partial charge in [0.25, 0.3) is 0 Å². The van der Waals surface area contributed by atoms with Crippen LogP contribution in [0.25, 0.3) is 0 Å². The highest BCUT2D eigenvalue weighted by atomic mass is 32.1. The number of nitrogens with one attached hydrogen (secondary N) is 2. The van der Waals surface area contributed by atoms with Gasteiger partial charge in [-0.2, -0.15) is 0 Å². The van der Waals surface area contributed by atoms with Crippen LogP contribution in [-0.2, 0) is 11.2 Å². The molecule has 1 rings (SSSR count). The fourth-order valence-electron chi connectivity index (χ4n) is 1.34. The topological polar surface area (TPSA) is 50.4 Å². The first-order chi connectivity index (χ1) is 8.33. The molecular formula is C12H20N2O2S. The van der Waals surface area contributed by atoms with Crippen LogP contribution in [0.15, 0.2) is 17.5 Å². The fraction of sp³-hybridized carbons (Fsp3) is 0.583. The highest BCUT2D eigenvalue weighted by Gasteiger charge is 1.99. The summed E-state index contributed by atoms with van der Waals surface area (Å²) in [5, 5.41) is 7.67. The summed E-state index contributed by atoms with van der Waals surface area (Å²) in [6.45, 7) is 4.73. The molecule has 0 aliphatic rings. The SMILES string of the molecule is CCOCCCNC(=O)NCCc1cccs1. The van der Waals surface area contributed by atoms with E-state index in [1.54, 1.807) is 11.3 Å². The van der Waals surface area contributed by atoms with E-state index < -0.39 is 0 Å². The third-order valence-electron chi connectivity index (χ3n) is 2.19. The number of rotatable bonds is 8. The molecule has 96 valence electrons. The maximum atomic E-state index is 11.3. The van der Waals surface area contributed by atoms with Gasteiger partial charge in [-0.05, 0) is 31.2 Å². The van der Waals surface area contributed by atoms with Gasteiger partial charge in [-0.1, -0.05) is 6.07 Å². The molecule has 0 fully saturated rings. The average molecular weight is 256 g/mol. The van der Waals surface area contributed by atoms with Gasteiger partial charge >= 0.3 is 6.03 Å². The smallest absolute Gasteiger partial charge is 0.314 e. The molecule has 0 saturated carbocycles. The molecular weight excluding hydrogens is 236 g/mol. The Labute approximate surface area is 106 Å². The second-order valence-corrected chi connectivity index (χ2v) is 4.59. The van der Waals surface area contributed by atoms with Crippen molar-refractivity contribution in [1.82, 2.24) is 10.6 Å². The van der Waals surface area contributed by atoms with Crippen molar-refractivity contribution < 1.29 is 9.53 Å². The van der Waals surface area contributed by atoms with Gasteiger partial charge in [0.1, 0.15) is 0 Å². The van der Waals surface area contributed by atoms with Crippen molar-refractivity contribution in [2.24, 2.45) is 0 Å². The van der Waals surface area contributed by atoms with Gasteiger partial charge in [0, 0.05) is 31.2 Å². The first-order valence-electron chi connectivity index (χ1n) is 5.94. The Morgan fingerprint density at radius 2 is 2.24 bits per heavy atom. The van der Waals surface area contributed by atoms with Crippen molar-refractivity contribution in [2.45, 2.75) is 19.8 Å². The average Bonchev–Trinajstić information content (AvgIpc) is 2.82. The number of hydrogen-bond acceptors (Lipinski definition) is 3. The zero-order valence-corrected chi connectivity index (χ0v) is 11.0. The normalized spacial score (nSPS) is 10.2. The van der Waals surface area contributed by atoms with Crippen LogP contribution < -0.4 is 10.6 Å². The molecule has 0 aliphatic heterocycles. The lowest BCUT2D eigenvalue weighted by Crippen LogP contribution is -2.37. The predicted molar refractivity (Wildman–Crippen MR) is 70.5 cm³/mol. The van der Waals surface area contributed by atoms with Crippen molar-refractivity contribution in [3.63, 3.8) is 0 Å². The number of carbonyl (C=O) groups is 1. The van der Waals surface area contributed by atoms with Crippen LogP contribution in [0.2, 0.25) is 0 Å². The summed E-state index contributed by atoms with van der Waals surface area (Å²) in [4.78, 5) is 12.6. The second kappa shape index (κ2) is 9.01. The summed E-state index contributed by atoms with van der Waals surface area (Å²) in [6.07, 6.45) is 1.75. The number of thiophene rings is 1. The van der Waals surface area contributed by atoms with Gasteiger partial charge in [-0.3, -0.25) is 0 Å². The van der Waals surface area contributed by atoms with Crippen LogP contribution in [0.3, 0.4) is 0 Å². The first-order valence-corrected chi connectivity index (χ1v) is 6.82. The van der Waals surface area contributed by atoms with Crippen LogP contribution in [0, 0.1) is 0 Å². The number of urea groups is 1. The van der Waals surface area contributed by atoms with Crippen LogP contribution in [-0.4, -0.2) is 32.3 Å². The van der Waals surface area contributed by atoms with E-state index in [0.717, 1.165) is 19.4 Å². The van der Waals surface area contributed by atoms with E-state index in [1.807, 2.05) is 18.4 Å². The number of hydrogen-bond donors (Lipinski definition) is 2. The molecule has 0 aromatic carbocycles. The molecule has 2 amide bonds. The van der Waals surface area contributed by atoms with Gasteiger partial charge in [0.05, 0.1) is 0 Å². The van der Waals surface area contributed by atoms with Gasteiger partial charge in [-0.15, -0.1) is 11.3 Å². The van der Waals surface area contributed by atoms with Crippen molar-refractivity contribution >= 4 is 17.4 Å². The van der Waals surface area contributed by atoms with Crippen molar-refractivity contribution in [3.8, 4) is 0 Å². The minimum atomic E-state index is -0.0990. The largest absolute Gasteiger partial charge is 0.382 e. The summed E-state index contributed by atoms with van der Waals surface area (Å²) in [6, 6.07) is 4.00. The molecule has 0 saturated heterocycles. The summed E-state index contributed by atoms with van der Waals surface area (Å²) >= 11 is 1.71. The number of carbonyl (C=O) groups excluding carboxylic acids is 1. The minimum Gasteiger partial charge on any atom is -0.382 e. The molecule has 0 unspecified atom stereocenters. The van der Waals surface area contributed by atoms with Crippen molar-refractivity contribution in [3.05, 3.63) is 22.4 Å². The Morgan fingerprint density at radius 1 is 1.41 bits per heavy atom. The molecule has 0 bridgehead atoms. The molecule has 4 nitrogen and oxygen atoms in total. The molecule has 2 N–H and O–H groups in total. The quantitative estimate of drug-likeness (QED) is 0.699. The maximum absolute atomic E-state index is 11.3. The molecule has 0 radical (unpaired) electrons. The Balaban J connectivity index is 1.94. The van der Waals surface area contributed by atoms with E-state index >= 15 is 0 Å². The van der Waals surface area contributed by atoms with Gasteiger partial charge in [0.2, 0.25) is 0 Å². The van der Waals surface area contributed by atoms with E-state index in [4.69, 9.17) is 4.74 Å². The van der Waals surface area contributed by atoms with E-state index in [-0.39, 0.29) is 6.03 Å². The predicted octanol–water partition coefficient (Wildman–Crippen LogP) is 2.02. The van der Waals surface area contributed by atoms with E-state index in [2.05, 4.69) is 16.7 Å². The molecule has 0 aliphatic carbocycles. The minimum absolute atomic E-state index is 0.0990. The lowest BCUT2D eigenvalue weighted by atomic mass is 10.3. The van der Waals surface area contributed by atoms with E-state index in [9.17, 15) is 4.79 Å².